The number of nitrogens with zero attached hydrogens (tertiary/aromatic N) is 1. The van der Waals surface area contributed by atoms with Crippen molar-refractivity contribution in [3.8, 4) is 0 Å². The van der Waals surface area contributed by atoms with Gasteiger partial charge in [0.05, 0.1) is 18.5 Å². The highest BCUT2D eigenvalue weighted by molar-refractivity contribution is 5.88. The zero-order valence-corrected chi connectivity index (χ0v) is 12.9. The van der Waals surface area contributed by atoms with E-state index in [0.717, 1.165) is 6.54 Å². The molecule has 1 aliphatic rings. The molecule has 0 amide bonds. The quantitative estimate of drug-likeness (QED) is 0.841. The molecule has 1 aliphatic carbocycles. The van der Waals surface area contributed by atoms with Gasteiger partial charge in [-0.15, -0.1) is 0 Å². The first-order valence-electron chi connectivity index (χ1n) is 7.55. The molecule has 2 rings (SSSR count). The van der Waals surface area contributed by atoms with E-state index >= 15 is 0 Å². The van der Waals surface area contributed by atoms with Crippen molar-refractivity contribution >= 4 is 11.7 Å². The van der Waals surface area contributed by atoms with Crippen LogP contribution in [0.3, 0.4) is 0 Å². The van der Waals surface area contributed by atoms with Gasteiger partial charge in [-0.25, -0.2) is 14.2 Å². The van der Waals surface area contributed by atoms with Gasteiger partial charge in [-0.2, -0.15) is 0 Å². The minimum Gasteiger partial charge on any atom is -0.464 e. The fourth-order valence-electron chi connectivity index (χ4n) is 2.79. The topological polar surface area (TPSA) is 51.2 Å². The normalized spacial score (nSPS) is 15.5. The van der Waals surface area contributed by atoms with E-state index < -0.39 is 11.8 Å². The minimum absolute atomic E-state index is 0.0973. The Balaban J connectivity index is 2.22. The van der Waals surface area contributed by atoms with Crippen molar-refractivity contribution < 1.29 is 13.9 Å². The number of ether oxygens (including phenoxy) is 1. The number of methoxy groups -OCH3 is 1. The molecule has 0 unspecified atom stereocenters. The van der Waals surface area contributed by atoms with Crippen LogP contribution in [0, 0.1) is 11.7 Å². The Hall–Kier alpha value is -1.65. The summed E-state index contributed by atoms with van der Waals surface area (Å²) in [5.74, 6) is -0.634. The zero-order valence-electron chi connectivity index (χ0n) is 12.9. The molecule has 0 atom stereocenters. The van der Waals surface area contributed by atoms with E-state index in [1.807, 2.05) is 13.8 Å². The lowest BCUT2D eigenvalue weighted by molar-refractivity contribution is 0.0588. The Morgan fingerprint density at radius 1 is 1.48 bits per heavy atom. The van der Waals surface area contributed by atoms with E-state index in [1.165, 1.54) is 38.9 Å². The van der Waals surface area contributed by atoms with Gasteiger partial charge in [0.25, 0.3) is 0 Å². The molecule has 0 saturated heterocycles. The number of esters is 1. The number of hydrogen-bond acceptors (Lipinski definition) is 4. The van der Waals surface area contributed by atoms with Crippen LogP contribution in [0.25, 0.3) is 0 Å². The van der Waals surface area contributed by atoms with E-state index in [1.54, 1.807) is 0 Å². The monoisotopic (exact) mass is 294 g/mol. The van der Waals surface area contributed by atoms with Crippen molar-refractivity contribution in [3.63, 3.8) is 0 Å². The molecule has 1 saturated carbocycles. The van der Waals surface area contributed by atoms with Crippen LogP contribution in [-0.4, -0.2) is 24.6 Å². The summed E-state index contributed by atoms with van der Waals surface area (Å²) in [4.78, 5) is 15.7. The number of hydrogen-bond donors (Lipinski definition) is 1. The number of pyridine rings is 1. The van der Waals surface area contributed by atoms with Crippen LogP contribution in [0.5, 0.6) is 0 Å². The maximum absolute atomic E-state index is 14.0. The molecule has 1 N–H and O–H groups in total. The molecule has 4 nitrogen and oxygen atoms in total. The van der Waals surface area contributed by atoms with Gasteiger partial charge >= 0.3 is 5.97 Å². The van der Waals surface area contributed by atoms with E-state index in [4.69, 9.17) is 0 Å². The summed E-state index contributed by atoms with van der Waals surface area (Å²) < 4.78 is 18.6. The summed E-state index contributed by atoms with van der Waals surface area (Å²) in [5.41, 5.74) is 1.14. The first-order valence-corrected chi connectivity index (χ1v) is 7.55. The molecule has 0 spiro atoms. The van der Waals surface area contributed by atoms with Crippen LogP contribution in [0.15, 0.2) is 6.07 Å². The second kappa shape index (κ2) is 6.87. The lowest BCUT2D eigenvalue weighted by Gasteiger charge is -2.17. The van der Waals surface area contributed by atoms with E-state index in [9.17, 15) is 9.18 Å². The van der Waals surface area contributed by atoms with Crippen LogP contribution in [0.2, 0.25) is 0 Å². The average Bonchev–Trinajstić information content (AvgIpc) is 2.97. The highest BCUT2D eigenvalue weighted by atomic mass is 19.1. The summed E-state index contributed by atoms with van der Waals surface area (Å²) in [6.45, 7) is 4.78. The second-order valence-electron chi connectivity index (χ2n) is 5.93. The summed E-state index contributed by atoms with van der Waals surface area (Å²) in [5, 5.41) is 3.31. The molecule has 116 valence electrons. The largest absolute Gasteiger partial charge is 0.464 e. The van der Waals surface area contributed by atoms with Gasteiger partial charge in [0.1, 0.15) is 0 Å². The molecule has 1 fully saturated rings. The number of nitrogens with one attached hydrogen (secondary N) is 1. The van der Waals surface area contributed by atoms with Gasteiger partial charge in [0.2, 0.25) is 0 Å². The maximum atomic E-state index is 14.0. The second-order valence-corrected chi connectivity index (χ2v) is 5.93. The van der Waals surface area contributed by atoms with Crippen LogP contribution >= 0.6 is 0 Å². The van der Waals surface area contributed by atoms with Gasteiger partial charge in [0.15, 0.2) is 11.5 Å². The summed E-state index contributed by atoms with van der Waals surface area (Å²) >= 11 is 0. The first-order chi connectivity index (χ1) is 10.0. The third-order valence-electron chi connectivity index (χ3n) is 3.99. The van der Waals surface area contributed by atoms with Crippen molar-refractivity contribution in [2.45, 2.75) is 45.4 Å². The van der Waals surface area contributed by atoms with Crippen LogP contribution < -0.4 is 5.32 Å². The highest BCUT2D eigenvalue weighted by Crippen LogP contribution is 2.28. The Morgan fingerprint density at radius 3 is 2.71 bits per heavy atom. The van der Waals surface area contributed by atoms with Gasteiger partial charge in [-0.05, 0) is 24.7 Å². The third kappa shape index (κ3) is 3.71. The molecule has 21 heavy (non-hydrogen) atoms. The standard InChI is InChI=1S/C16H23FN2O2/c1-10(2)14-13(18-9-11-6-4-5-7-11)8-12(17)15(19-14)16(20)21-3/h8,10-11,18H,4-7,9H2,1-3H3. The van der Waals surface area contributed by atoms with Crippen LogP contribution in [-0.2, 0) is 4.74 Å². The number of anilines is 1. The fourth-order valence-corrected chi connectivity index (χ4v) is 2.79. The molecule has 0 bridgehead atoms. The Labute approximate surface area is 125 Å². The molecule has 1 aromatic heterocycles. The molecule has 5 heteroatoms. The van der Waals surface area contributed by atoms with Gasteiger partial charge in [0, 0.05) is 12.6 Å². The van der Waals surface area contributed by atoms with Crippen molar-refractivity contribution in [1.29, 1.82) is 0 Å². The lowest BCUT2D eigenvalue weighted by Crippen LogP contribution is -2.16. The van der Waals surface area contributed by atoms with Crippen LogP contribution in [0.1, 0.15) is 61.6 Å². The van der Waals surface area contributed by atoms with Gasteiger partial charge < -0.3 is 10.1 Å². The molecular weight excluding hydrogens is 271 g/mol. The molecular formula is C16H23FN2O2. The van der Waals surface area contributed by atoms with Crippen molar-refractivity contribution in [1.82, 2.24) is 4.98 Å². The number of rotatable bonds is 5. The Bertz CT molecular complexity index is 511. The van der Waals surface area contributed by atoms with Crippen molar-refractivity contribution in [2.24, 2.45) is 5.92 Å². The van der Waals surface area contributed by atoms with E-state index in [2.05, 4.69) is 15.0 Å². The molecule has 1 heterocycles. The van der Waals surface area contributed by atoms with Gasteiger partial charge in [-0.1, -0.05) is 26.7 Å². The summed E-state index contributed by atoms with van der Waals surface area (Å²) in [6, 6.07) is 1.36. The maximum Gasteiger partial charge on any atom is 0.359 e. The SMILES string of the molecule is COC(=O)c1nc(C(C)C)c(NCC2CCCC2)cc1F. The molecule has 1 aromatic rings. The fraction of sp³-hybridized carbons (Fsp3) is 0.625. The summed E-state index contributed by atoms with van der Waals surface area (Å²) in [6.07, 6.45) is 4.99. The smallest absolute Gasteiger partial charge is 0.359 e. The highest BCUT2D eigenvalue weighted by Gasteiger charge is 2.21. The molecule has 0 radical (unpaired) electrons. The van der Waals surface area contributed by atoms with Gasteiger partial charge in [-0.3, -0.25) is 0 Å². The van der Waals surface area contributed by atoms with Crippen molar-refractivity contribution in [3.05, 3.63) is 23.3 Å². The number of aromatic nitrogens is 1. The predicted molar refractivity (Wildman–Crippen MR) is 80.1 cm³/mol. The Kier molecular flexibility index (Phi) is 5.15. The number of carbonyl (C=O) groups is 1. The van der Waals surface area contributed by atoms with E-state index in [0.29, 0.717) is 17.3 Å². The lowest BCUT2D eigenvalue weighted by atomic mass is 10.1. The molecule has 0 aliphatic heterocycles. The predicted octanol–water partition coefficient (Wildman–Crippen LogP) is 3.73. The van der Waals surface area contributed by atoms with Crippen molar-refractivity contribution in [2.75, 3.05) is 19.0 Å². The Morgan fingerprint density at radius 2 is 2.14 bits per heavy atom. The first kappa shape index (κ1) is 15.7. The summed E-state index contributed by atoms with van der Waals surface area (Å²) in [7, 11) is 1.23. The van der Waals surface area contributed by atoms with E-state index in [-0.39, 0.29) is 11.6 Å². The molecule has 0 aromatic carbocycles. The third-order valence-corrected chi connectivity index (χ3v) is 3.99. The number of carbonyl (C=O) groups excluding carboxylic acids is 1. The average molecular weight is 294 g/mol. The minimum atomic E-state index is -0.739. The zero-order chi connectivity index (χ0) is 15.4. The number of halogens is 1. The van der Waals surface area contributed by atoms with Crippen LogP contribution in [0.4, 0.5) is 10.1 Å².